The Balaban J connectivity index is 2.01. The average Bonchev–Trinajstić information content (AvgIpc) is 2.46. The Morgan fingerprint density at radius 2 is 1.79 bits per heavy atom. The van der Waals surface area contributed by atoms with Gasteiger partial charge in [-0.2, -0.15) is 0 Å². The molecule has 0 spiro atoms. The second-order valence-corrected chi connectivity index (χ2v) is 6.92. The lowest BCUT2D eigenvalue weighted by molar-refractivity contribution is 0.203. The van der Waals surface area contributed by atoms with Crippen LogP contribution in [-0.4, -0.2) is 45.1 Å². The van der Waals surface area contributed by atoms with Gasteiger partial charge < -0.3 is 4.90 Å². The van der Waals surface area contributed by atoms with Gasteiger partial charge in [0.15, 0.2) is 0 Å². The summed E-state index contributed by atoms with van der Waals surface area (Å²) in [5.41, 5.74) is 1.08. The van der Waals surface area contributed by atoms with Crippen molar-refractivity contribution in [3.63, 3.8) is 0 Å². The van der Waals surface area contributed by atoms with E-state index in [0.29, 0.717) is 13.1 Å². The highest BCUT2D eigenvalue weighted by Gasteiger charge is 2.33. The van der Waals surface area contributed by atoms with Crippen LogP contribution in [0.1, 0.15) is 0 Å². The molecule has 1 saturated heterocycles. The van der Waals surface area contributed by atoms with Gasteiger partial charge in [-0.05, 0) is 18.2 Å². The zero-order valence-electron chi connectivity index (χ0n) is 11.1. The van der Waals surface area contributed by atoms with Gasteiger partial charge in [0.05, 0.1) is 0 Å². The minimum atomic E-state index is -3.10. The summed E-state index contributed by atoms with van der Waals surface area (Å²) in [6, 6.07) is 7.74. The van der Waals surface area contributed by atoms with E-state index in [2.05, 4.69) is 4.90 Å². The van der Waals surface area contributed by atoms with Gasteiger partial charge in [0, 0.05) is 51.1 Å². The minimum absolute atomic E-state index is 0.630. The lowest BCUT2D eigenvalue weighted by Crippen LogP contribution is -2.45. The molecule has 0 saturated carbocycles. The van der Waals surface area contributed by atoms with Crippen LogP contribution in [0.4, 0.5) is 5.69 Å². The summed E-state index contributed by atoms with van der Waals surface area (Å²) in [4.78, 5) is 2.21. The van der Waals surface area contributed by atoms with Crippen molar-refractivity contribution >= 4 is 25.0 Å². The van der Waals surface area contributed by atoms with Gasteiger partial charge in [-0.15, -0.1) is 0 Å². The Bertz CT molecular complexity index is 470. The molecule has 0 bridgehead atoms. The van der Waals surface area contributed by atoms with Crippen LogP contribution in [0.2, 0.25) is 5.02 Å². The average molecular weight is 305 g/mol. The summed E-state index contributed by atoms with van der Waals surface area (Å²) in [6.45, 7) is 2.78. The summed E-state index contributed by atoms with van der Waals surface area (Å²) in [6.07, 6.45) is 0. The van der Waals surface area contributed by atoms with Crippen molar-refractivity contribution in [1.82, 2.24) is 4.67 Å². The third-order valence-corrected chi connectivity index (χ3v) is 5.49. The fraction of sp³-hybridized carbons (Fsp3) is 0.500. The summed E-state index contributed by atoms with van der Waals surface area (Å²) in [5, 5.41) is 0.722. The Kier molecular flexibility index (Phi) is 4.87. The van der Waals surface area contributed by atoms with E-state index in [4.69, 9.17) is 20.6 Å². The summed E-state index contributed by atoms with van der Waals surface area (Å²) >= 11 is 5.99. The largest absolute Gasteiger partial charge is 0.407 e. The number of rotatable bonds is 4. The molecule has 0 atom stereocenters. The molecule has 1 aromatic rings. The monoisotopic (exact) mass is 304 g/mol. The van der Waals surface area contributed by atoms with E-state index in [-0.39, 0.29) is 0 Å². The zero-order chi connectivity index (χ0) is 13.9. The number of nitrogens with zero attached hydrogens (tertiary/aromatic N) is 2. The number of benzene rings is 1. The molecule has 0 aliphatic carbocycles. The topological polar surface area (TPSA) is 42.0 Å². The van der Waals surface area contributed by atoms with E-state index >= 15 is 0 Å². The van der Waals surface area contributed by atoms with E-state index in [1.165, 1.54) is 14.2 Å². The van der Waals surface area contributed by atoms with E-state index < -0.39 is 7.75 Å². The van der Waals surface area contributed by atoms with Crippen molar-refractivity contribution in [2.24, 2.45) is 0 Å². The maximum atomic E-state index is 12.2. The normalized spacial score (nSPS) is 17.7. The molecular formula is C12H18ClN2O3P. The van der Waals surface area contributed by atoms with Crippen molar-refractivity contribution in [2.75, 3.05) is 45.3 Å². The zero-order valence-corrected chi connectivity index (χ0v) is 12.7. The molecule has 0 unspecified atom stereocenters. The Hall–Kier alpha value is -0.580. The van der Waals surface area contributed by atoms with Crippen LogP contribution in [-0.2, 0) is 13.6 Å². The molecule has 19 heavy (non-hydrogen) atoms. The number of piperazine rings is 1. The van der Waals surface area contributed by atoms with Crippen LogP contribution in [0.25, 0.3) is 0 Å². The van der Waals surface area contributed by atoms with Crippen molar-refractivity contribution in [2.45, 2.75) is 0 Å². The van der Waals surface area contributed by atoms with Crippen LogP contribution >= 0.6 is 19.3 Å². The van der Waals surface area contributed by atoms with Gasteiger partial charge in [-0.3, -0.25) is 9.05 Å². The van der Waals surface area contributed by atoms with Crippen molar-refractivity contribution in [3.8, 4) is 0 Å². The van der Waals surface area contributed by atoms with E-state index in [9.17, 15) is 4.57 Å². The Morgan fingerprint density at radius 3 is 2.32 bits per heavy atom. The van der Waals surface area contributed by atoms with Gasteiger partial charge in [-0.25, -0.2) is 9.24 Å². The predicted molar refractivity (Wildman–Crippen MR) is 76.9 cm³/mol. The summed E-state index contributed by atoms with van der Waals surface area (Å²) in [5.74, 6) is 0. The molecule has 2 rings (SSSR count). The number of hydrogen-bond donors (Lipinski definition) is 0. The van der Waals surface area contributed by atoms with Gasteiger partial charge in [-0.1, -0.05) is 17.7 Å². The van der Waals surface area contributed by atoms with Gasteiger partial charge in [0.25, 0.3) is 0 Å². The highest BCUT2D eigenvalue weighted by Crippen LogP contribution is 2.50. The molecule has 106 valence electrons. The van der Waals surface area contributed by atoms with Gasteiger partial charge in [0.2, 0.25) is 0 Å². The Morgan fingerprint density at radius 1 is 1.16 bits per heavy atom. The molecule has 1 aromatic carbocycles. The molecule has 0 radical (unpaired) electrons. The highest BCUT2D eigenvalue weighted by atomic mass is 35.5. The smallest absolute Gasteiger partial charge is 0.369 e. The maximum absolute atomic E-state index is 12.2. The Labute approximate surface area is 118 Å². The molecule has 1 aliphatic rings. The van der Waals surface area contributed by atoms with Crippen LogP contribution in [0, 0.1) is 0 Å². The first kappa shape index (κ1) is 14.8. The molecule has 1 heterocycles. The molecule has 1 aliphatic heterocycles. The van der Waals surface area contributed by atoms with Gasteiger partial charge >= 0.3 is 7.75 Å². The molecule has 7 heteroatoms. The van der Waals surface area contributed by atoms with Crippen LogP contribution < -0.4 is 4.90 Å². The molecular weight excluding hydrogens is 287 g/mol. The standard InChI is InChI=1S/C12H18ClN2O3P/c1-17-19(16,18-2)15-8-6-14(7-9-15)12-5-3-4-11(13)10-12/h3-5,10H,6-9H2,1-2H3. The minimum Gasteiger partial charge on any atom is -0.369 e. The van der Waals surface area contributed by atoms with Crippen molar-refractivity contribution < 1.29 is 13.6 Å². The van der Waals surface area contributed by atoms with Crippen molar-refractivity contribution in [3.05, 3.63) is 29.3 Å². The van der Waals surface area contributed by atoms with Crippen LogP contribution in [0.3, 0.4) is 0 Å². The second-order valence-electron chi connectivity index (χ2n) is 4.25. The third-order valence-electron chi connectivity index (χ3n) is 3.24. The van der Waals surface area contributed by atoms with Crippen LogP contribution in [0.5, 0.6) is 0 Å². The van der Waals surface area contributed by atoms with Crippen LogP contribution in [0.15, 0.2) is 24.3 Å². The summed E-state index contributed by atoms with van der Waals surface area (Å²) < 4.78 is 24.0. The fourth-order valence-corrected chi connectivity index (χ4v) is 3.64. The first-order chi connectivity index (χ1) is 9.09. The quantitative estimate of drug-likeness (QED) is 0.800. The molecule has 5 nitrogen and oxygen atoms in total. The molecule has 0 N–H and O–H groups in total. The van der Waals surface area contributed by atoms with E-state index in [1.54, 1.807) is 4.67 Å². The highest BCUT2D eigenvalue weighted by molar-refractivity contribution is 7.51. The maximum Gasteiger partial charge on any atom is 0.407 e. The fourth-order valence-electron chi connectivity index (χ4n) is 2.18. The van der Waals surface area contributed by atoms with E-state index in [0.717, 1.165) is 23.8 Å². The first-order valence-corrected chi connectivity index (χ1v) is 7.94. The summed E-state index contributed by atoms with van der Waals surface area (Å²) in [7, 11) is -0.283. The van der Waals surface area contributed by atoms with Gasteiger partial charge in [0.1, 0.15) is 0 Å². The number of hydrogen-bond acceptors (Lipinski definition) is 4. The predicted octanol–water partition coefficient (Wildman–Crippen LogP) is 2.86. The second kappa shape index (κ2) is 6.25. The third kappa shape index (κ3) is 3.30. The first-order valence-electron chi connectivity index (χ1n) is 6.06. The lowest BCUT2D eigenvalue weighted by Gasteiger charge is -2.37. The molecule has 0 amide bonds. The van der Waals surface area contributed by atoms with Crippen molar-refractivity contribution in [1.29, 1.82) is 0 Å². The number of halogens is 1. The SMILES string of the molecule is COP(=O)(OC)N1CCN(c2cccc(Cl)c2)CC1. The van der Waals surface area contributed by atoms with E-state index in [1.807, 2.05) is 24.3 Å². The lowest BCUT2D eigenvalue weighted by atomic mass is 10.2. The number of anilines is 1. The molecule has 0 aromatic heterocycles. The molecule has 1 fully saturated rings.